The van der Waals surface area contributed by atoms with Gasteiger partial charge in [-0.2, -0.15) is 0 Å². The van der Waals surface area contributed by atoms with E-state index in [0.29, 0.717) is 12.8 Å². The number of unbranched alkanes of at least 4 members (excludes halogenated alkanes) is 2. The van der Waals surface area contributed by atoms with Gasteiger partial charge in [-0.25, -0.2) is 9.59 Å². The van der Waals surface area contributed by atoms with E-state index in [4.69, 9.17) is 35.6 Å². The number of aliphatic hydroxyl groups excluding tert-OH is 10. The van der Waals surface area contributed by atoms with Crippen LogP contribution in [0.15, 0.2) is 0 Å². The van der Waals surface area contributed by atoms with Crippen LogP contribution in [0.1, 0.15) is 80.1 Å². The Balaban J connectivity index is -0.000000494. The Kier molecular flexibility index (Phi) is 36.1. The minimum atomic E-state index is -1.81. The van der Waals surface area contributed by atoms with Crippen LogP contribution in [0.25, 0.3) is 0 Å². The SMILES string of the molecule is C.C.CCCCOC(=O)N[C@@H](CCC(=O)NC[C@H](O)[C@@H](O)[C@H](O)[C@H](O)CO)C(=O)OCCCC.N[C@@H](CCC(=O)NC[C@H](O)[C@@H](O)[C@H](O)[C@H](O)CO)C(=O)O. The minimum Gasteiger partial charge on any atom is -0.480 e. The van der Waals surface area contributed by atoms with E-state index in [2.05, 4.69) is 16.0 Å². The summed E-state index contributed by atoms with van der Waals surface area (Å²) >= 11 is 0. The molecule has 10 atom stereocenters. The normalized spacial score (nSPS) is 16.2. The minimum absolute atomic E-state index is 0. The van der Waals surface area contributed by atoms with Crippen LogP contribution in [0.4, 0.5) is 4.79 Å². The second kappa shape index (κ2) is 34.0. The number of aliphatic carboxylic acids is 1. The van der Waals surface area contributed by atoms with Gasteiger partial charge in [-0.15, -0.1) is 0 Å². The first kappa shape index (κ1) is 58.4. The zero-order chi connectivity index (χ0) is 41.1. The fraction of sp³-hybridized carbons (Fsp3) is 0.848. The van der Waals surface area contributed by atoms with Crippen molar-refractivity contribution in [3.8, 4) is 0 Å². The third-order valence-corrected chi connectivity index (χ3v) is 7.38. The number of hydrogen-bond acceptors (Lipinski definition) is 18. The van der Waals surface area contributed by atoms with Gasteiger partial charge in [0.05, 0.1) is 38.6 Å². The van der Waals surface area contributed by atoms with Crippen LogP contribution in [0, 0.1) is 0 Å². The molecule has 0 spiro atoms. The highest BCUT2D eigenvalue weighted by Crippen LogP contribution is 2.07. The lowest BCUT2D eigenvalue weighted by molar-refractivity contribution is -0.146. The molecule has 22 heteroatoms. The van der Waals surface area contributed by atoms with Crippen molar-refractivity contribution in [1.82, 2.24) is 16.0 Å². The van der Waals surface area contributed by atoms with Crippen molar-refractivity contribution < 1.29 is 89.6 Å². The van der Waals surface area contributed by atoms with Crippen molar-refractivity contribution >= 4 is 29.8 Å². The van der Waals surface area contributed by atoms with Gasteiger partial charge in [0.25, 0.3) is 0 Å². The smallest absolute Gasteiger partial charge is 0.407 e. The van der Waals surface area contributed by atoms with E-state index < -0.39 is 117 Å². The first-order valence-electron chi connectivity index (χ1n) is 17.2. The maximum atomic E-state index is 12.2. The predicted octanol–water partition coefficient (Wildman–Crippen LogP) is -4.44. The molecule has 0 aliphatic carbocycles. The van der Waals surface area contributed by atoms with Crippen LogP contribution in [0.5, 0.6) is 0 Å². The second-order valence-corrected chi connectivity index (χ2v) is 11.9. The highest BCUT2D eigenvalue weighted by Gasteiger charge is 2.31. The number of amides is 3. The second-order valence-electron chi connectivity index (χ2n) is 11.9. The van der Waals surface area contributed by atoms with Crippen molar-refractivity contribution in [2.24, 2.45) is 5.73 Å². The van der Waals surface area contributed by atoms with Gasteiger partial charge in [-0.05, 0) is 25.7 Å². The maximum absolute atomic E-state index is 12.2. The summed E-state index contributed by atoms with van der Waals surface area (Å²) in [5.41, 5.74) is 5.20. The summed E-state index contributed by atoms with van der Waals surface area (Å²) in [5.74, 6) is -3.12. The first-order chi connectivity index (χ1) is 24.9. The zero-order valence-electron chi connectivity index (χ0n) is 30.0. The van der Waals surface area contributed by atoms with Crippen molar-refractivity contribution in [3.63, 3.8) is 0 Å². The number of hydrogen-bond donors (Lipinski definition) is 15. The maximum Gasteiger partial charge on any atom is 0.407 e. The lowest BCUT2D eigenvalue weighted by atomic mass is 10.0. The van der Waals surface area contributed by atoms with Gasteiger partial charge in [0.2, 0.25) is 11.8 Å². The van der Waals surface area contributed by atoms with Crippen molar-refractivity contribution in [2.75, 3.05) is 39.5 Å². The third-order valence-electron chi connectivity index (χ3n) is 7.38. The molecule has 16 N–H and O–H groups in total. The number of rotatable bonds is 27. The summed E-state index contributed by atoms with van der Waals surface area (Å²) in [4.78, 5) is 58.0. The van der Waals surface area contributed by atoms with Crippen molar-refractivity contribution in [1.29, 1.82) is 0 Å². The van der Waals surface area contributed by atoms with E-state index >= 15 is 0 Å². The fourth-order valence-electron chi connectivity index (χ4n) is 3.83. The largest absolute Gasteiger partial charge is 0.480 e. The molecule has 328 valence electrons. The van der Waals surface area contributed by atoms with Gasteiger partial charge in [-0.3, -0.25) is 14.4 Å². The number of ether oxygens (including phenoxy) is 2. The molecule has 0 heterocycles. The molecule has 0 aromatic carbocycles. The van der Waals surface area contributed by atoms with Crippen LogP contribution in [0.2, 0.25) is 0 Å². The third kappa shape index (κ3) is 27.0. The topological polar surface area (TPSA) is 388 Å². The molecule has 0 aromatic heterocycles. The Morgan fingerprint density at radius 2 is 1.00 bits per heavy atom. The zero-order valence-corrected chi connectivity index (χ0v) is 30.0. The van der Waals surface area contributed by atoms with Gasteiger partial charge in [0.15, 0.2) is 0 Å². The lowest BCUT2D eigenvalue weighted by Gasteiger charge is -2.25. The van der Waals surface area contributed by atoms with Gasteiger partial charge in [0, 0.05) is 25.9 Å². The summed E-state index contributed by atoms with van der Waals surface area (Å²) in [6, 6.07) is -2.28. The number of nitrogens with two attached hydrogens (primary N) is 1. The van der Waals surface area contributed by atoms with E-state index in [1.54, 1.807) is 0 Å². The molecule has 0 saturated carbocycles. The van der Waals surface area contributed by atoms with E-state index in [9.17, 15) is 59.7 Å². The number of carbonyl (C=O) groups is 5. The van der Waals surface area contributed by atoms with E-state index in [1.165, 1.54) is 0 Å². The first-order valence-corrected chi connectivity index (χ1v) is 17.2. The van der Waals surface area contributed by atoms with Gasteiger partial charge >= 0.3 is 18.0 Å². The number of esters is 1. The monoisotopic (exact) mass is 808 g/mol. The average Bonchev–Trinajstić information content (AvgIpc) is 3.14. The van der Waals surface area contributed by atoms with Crippen LogP contribution in [-0.4, -0.2) is 186 Å². The fourth-order valence-corrected chi connectivity index (χ4v) is 3.83. The molecule has 22 nitrogen and oxygen atoms in total. The molecule has 0 aliphatic rings. The predicted molar refractivity (Wildman–Crippen MR) is 195 cm³/mol. The van der Waals surface area contributed by atoms with Crippen LogP contribution >= 0.6 is 0 Å². The number of aliphatic hydroxyl groups is 10. The summed E-state index contributed by atoms with van der Waals surface area (Å²) < 4.78 is 10.1. The van der Waals surface area contributed by atoms with Crippen LogP contribution in [0.3, 0.4) is 0 Å². The Hall–Kier alpha value is -3.29. The average molecular weight is 809 g/mol. The van der Waals surface area contributed by atoms with E-state index in [0.717, 1.165) is 12.8 Å². The molecule has 0 fully saturated rings. The van der Waals surface area contributed by atoms with Crippen molar-refractivity contribution in [3.05, 3.63) is 0 Å². The molecule has 0 saturated heterocycles. The quantitative estimate of drug-likeness (QED) is 0.0275. The molecule has 0 bridgehead atoms. The Morgan fingerprint density at radius 3 is 1.38 bits per heavy atom. The molecule has 0 aliphatic heterocycles. The number of nitrogens with one attached hydrogen (secondary N) is 3. The summed E-state index contributed by atoms with van der Waals surface area (Å²) in [6.45, 7) is 1.73. The standard InChI is InChI=1S/C20H38N2O10.C11H22N2O8.2CH4/c1-3-5-9-31-19(29)13(22-20(30)32-10-6-4-2)7-8-16(26)21-11-14(24)17(27)18(28)15(25)12-23;12-5(11(20)21)1-2-8(17)13-3-6(15)9(18)10(19)7(16)4-14;;/h13-15,17-18,23-25,27-28H,3-12H2,1-2H3,(H,21,26)(H,22,30);5-7,9-10,14-16,18-19H,1-4,12H2,(H,13,17)(H,20,21);2*1H4/t13-,14-,15+,17+,18+;5-,6-,7+,9+,10+;;/m00../s1. The van der Waals surface area contributed by atoms with Gasteiger partial charge < -0.3 is 87.3 Å². The molecule has 55 heavy (non-hydrogen) atoms. The van der Waals surface area contributed by atoms with E-state index in [-0.39, 0.29) is 53.8 Å². The number of carboxylic acid groups (broad SMARTS) is 1. The van der Waals surface area contributed by atoms with Gasteiger partial charge in [-0.1, -0.05) is 41.5 Å². The number of carbonyl (C=O) groups excluding carboxylic acids is 4. The molecule has 0 aromatic rings. The molecule has 0 rings (SSSR count). The highest BCUT2D eigenvalue weighted by atomic mass is 16.6. The lowest BCUT2D eigenvalue weighted by Crippen LogP contribution is -2.49. The Bertz CT molecular complexity index is 1040. The van der Waals surface area contributed by atoms with Crippen molar-refractivity contribution in [2.45, 2.75) is 141 Å². The van der Waals surface area contributed by atoms with Crippen LogP contribution < -0.4 is 21.7 Å². The van der Waals surface area contributed by atoms with E-state index in [1.807, 2.05) is 13.8 Å². The number of carboxylic acids is 1. The number of alkyl carbamates (subject to hydrolysis) is 1. The Morgan fingerprint density at radius 1 is 0.618 bits per heavy atom. The molecule has 0 radical (unpaired) electrons. The molecule has 3 amide bonds. The summed E-state index contributed by atoms with van der Waals surface area (Å²) in [7, 11) is 0. The molecular formula is C33H68N4O18. The molecule has 0 unspecified atom stereocenters. The van der Waals surface area contributed by atoms with Gasteiger partial charge in [0.1, 0.15) is 48.7 Å². The summed E-state index contributed by atoms with van der Waals surface area (Å²) in [5, 5.41) is 109. The Labute approximate surface area is 321 Å². The van der Waals surface area contributed by atoms with Crippen LogP contribution in [-0.2, 0) is 28.7 Å². The highest BCUT2D eigenvalue weighted by molar-refractivity contribution is 5.83. The summed E-state index contributed by atoms with van der Waals surface area (Å²) in [6.07, 6.45) is -12.1. The molecular weight excluding hydrogens is 740 g/mol.